The molecule has 4 nitrogen and oxygen atoms in total. The molecule has 0 atom stereocenters. The van der Waals surface area contributed by atoms with Crippen LogP contribution in [0.1, 0.15) is 67.6 Å². The van der Waals surface area contributed by atoms with Crippen molar-refractivity contribution in [2.75, 3.05) is 0 Å². The Balaban J connectivity index is 1.97. The molecule has 0 radical (unpaired) electrons. The number of carboxylic acid groups (broad SMARTS) is 1. The number of carboxylic acids is 1. The van der Waals surface area contributed by atoms with Crippen LogP contribution in [0.4, 0.5) is 0 Å². The van der Waals surface area contributed by atoms with Crippen molar-refractivity contribution < 1.29 is 18.3 Å². The summed E-state index contributed by atoms with van der Waals surface area (Å²) in [5.41, 5.74) is 3.32. The van der Waals surface area contributed by atoms with Crippen LogP contribution in [-0.2, 0) is 20.7 Å². The quantitative estimate of drug-likeness (QED) is 0.758. The topological polar surface area (TPSA) is 71.4 Å². The molecule has 0 fully saturated rings. The van der Waals surface area contributed by atoms with E-state index in [0.717, 1.165) is 12.8 Å². The van der Waals surface area contributed by atoms with Gasteiger partial charge in [-0.05, 0) is 77.1 Å². The zero-order valence-corrected chi connectivity index (χ0v) is 17.4. The summed E-state index contributed by atoms with van der Waals surface area (Å²) in [4.78, 5) is 10.9. The fourth-order valence-corrected chi connectivity index (χ4v) is 4.49. The van der Waals surface area contributed by atoms with Gasteiger partial charge in [-0.15, -0.1) is 0 Å². The van der Waals surface area contributed by atoms with Crippen molar-refractivity contribution in [1.29, 1.82) is 0 Å². The summed E-state index contributed by atoms with van der Waals surface area (Å²) in [6, 6.07) is 11.0. The van der Waals surface area contributed by atoms with Crippen LogP contribution in [0.15, 0.2) is 47.4 Å². The van der Waals surface area contributed by atoms with E-state index in [2.05, 4.69) is 44.9 Å². The summed E-state index contributed by atoms with van der Waals surface area (Å²) in [5.74, 6) is 1.68. The molecule has 146 valence electrons. The smallest absolute Gasteiger partial charge is 0.335 e. The molecule has 3 rings (SSSR count). The maximum Gasteiger partial charge on any atom is 0.335 e. The van der Waals surface area contributed by atoms with Crippen LogP contribution in [0.25, 0.3) is 0 Å². The third-order valence-electron chi connectivity index (χ3n) is 5.59. The molecule has 0 heterocycles. The van der Waals surface area contributed by atoms with Gasteiger partial charge in [0, 0.05) is 10.8 Å². The third kappa shape index (κ3) is 3.83. The molecule has 0 aromatic heterocycles. The first-order chi connectivity index (χ1) is 12.9. The van der Waals surface area contributed by atoms with Crippen LogP contribution in [0, 0.1) is 11.2 Å². The van der Waals surface area contributed by atoms with Gasteiger partial charge in [0.1, 0.15) is 0 Å². The van der Waals surface area contributed by atoms with Gasteiger partial charge in [-0.25, -0.2) is 13.2 Å². The van der Waals surface area contributed by atoms with Crippen molar-refractivity contribution in [2.24, 2.45) is 0 Å². The number of hydrogen-bond acceptors (Lipinski definition) is 3. The van der Waals surface area contributed by atoms with Crippen LogP contribution in [0.3, 0.4) is 0 Å². The number of fused-ring (bicyclic) bond motifs is 1. The number of aromatic carboxylic acids is 1. The zero-order valence-electron chi connectivity index (χ0n) is 16.5. The van der Waals surface area contributed by atoms with Gasteiger partial charge in [-0.3, -0.25) is 0 Å². The molecule has 5 heteroatoms. The Hall–Kier alpha value is -2.58. The molecular formula is C23H24O4S. The molecule has 0 bridgehead atoms. The fourth-order valence-electron chi connectivity index (χ4n) is 3.63. The lowest BCUT2D eigenvalue weighted by molar-refractivity contribution is 0.0696. The molecule has 0 spiro atoms. The Morgan fingerprint density at radius 2 is 1.50 bits per heavy atom. The molecule has 0 amide bonds. The summed E-state index contributed by atoms with van der Waals surface area (Å²) in [5, 5.41) is 11.3. The predicted octanol–water partition coefficient (Wildman–Crippen LogP) is 4.52. The van der Waals surface area contributed by atoms with E-state index in [1.807, 2.05) is 12.1 Å². The maximum absolute atomic E-state index is 12.5. The number of hydrogen-bond donors (Lipinski definition) is 1. The van der Waals surface area contributed by atoms with E-state index in [0.29, 0.717) is 5.56 Å². The minimum absolute atomic E-state index is 0.00979. The Morgan fingerprint density at radius 1 is 0.929 bits per heavy atom. The SMILES string of the molecule is CC1(C)CCC(C)(C)c2cc(C#CS(=O)(=O)c3ccc(C(=O)O)cc3)ccc21. The number of sulfone groups is 1. The van der Waals surface area contributed by atoms with E-state index in [9.17, 15) is 13.2 Å². The van der Waals surface area contributed by atoms with Crippen LogP contribution >= 0.6 is 0 Å². The Kier molecular flexibility index (Phi) is 4.89. The van der Waals surface area contributed by atoms with E-state index >= 15 is 0 Å². The van der Waals surface area contributed by atoms with E-state index in [1.54, 1.807) is 0 Å². The maximum atomic E-state index is 12.5. The van der Waals surface area contributed by atoms with Crippen molar-refractivity contribution in [1.82, 2.24) is 0 Å². The third-order valence-corrected chi connectivity index (χ3v) is 6.86. The molecule has 1 aliphatic carbocycles. The fraction of sp³-hybridized carbons (Fsp3) is 0.348. The largest absolute Gasteiger partial charge is 0.478 e. The zero-order chi connectivity index (χ0) is 20.7. The number of benzene rings is 2. The van der Waals surface area contributed by atoms with E-state index in [-0.39, 0.29) is 21.3 Å². The van der Waals surface area contributed by atoms with Crippen LogP contribution in [0.5, 0.6) is 0 Å². The first-order valence-electron chi connectivity index (χ1n) is 9.19. The first-order valence-corrected chi connectivity index (χ1v) is 10.7. The highest BCUT2D eigenvalue weighted by atomic mass is 32.2. The molecule has 0 saturated heterocycles. The highest BCUT2D eigenvalue weighted by Gasteiger charge is 2.36. The second-order valence-corrected chi connectivity index (χ2v) is 10.3. The van der Waals surface area contributed by atoms with Crippen LogP contribution in [-0.4, -0.2) is 19.5 Å². The monoisotopic (exact) mass is 396 g/mol. The van der Waals surface area contributed by atoms with Gasteiger partial charge in [0.15, 0.2) is 0 Å². The standard InChI is InChI=1S/C23H24O4S/c1-22(2)12-13-23(3,4)20-15-16(5-10-19(20)22)11-14-28(26,27)18-8-6-17(7-9-18)21(24)25/h5-10,15H,12-13H2,1-4H3,(H,24,25). The highest BCUT2D eigenvalue weighted by Crippen LogP contribution is 2.45. The van der Waals surface area contributed by atoms with E-state index in [4.69, 9.17) is 5.11 Å². The molecule has 2 aromatic carbocycles. The average molecular weight is 397 g/mol. The summed E-state index contributed by atoms with van der Waals surface area (Å²) in [6.45, 7) is 8.88. The van der Waals surface area contributed by atoms with Crippen molar-refractivity contribution in [3.8, 4) is 11.2 Å². The lowest BCUT2D eigenvalue weighted by atomic mass is 9.63. The molecule has 1 aliphatic rings. The second kappa shape index (κ2) is 6.79. The van der Waals surface area contributed by atoms with Gasteiger partial charge in [-0.2, -0.15) is 0 Å². The van der Waals surface area contributed by atoms with E-state index in [1.165, 1.54) is 35.4 Å². The summed E-state index contributed by atoms with van der Waals surface area (Å²) in [7, 11) is -3.83. The van der Waals surface area contributed by atoms with Gasteiger partial charge < -0.3 is 5.11 Å². The molecule has 2 aromatic rings. The van der Waals surface area contributed by atoms with Gasteiger partial charge in [0.05, 0.1) is 10.5 Å². The molecular weight excluding hydrogens is 372 g/mol. The average Bonchev–Trinajstić information content (AvgIpc) is 2.64. The highest BCUT2D eigenvalue weighted by molar-refractivity contribution is 7.96. The van der Waals surface area contributed by atoms with Crippen LogP contribution in [0.2, 0.25) is 0 Å². The van der Waals surface area contributed by atoms with Crippen molar-refractivity contribution >= 4 is 15.8 Å². The van der Waals surface area contributed by atoms with Gasteiger partial charge in [-0.1, -0.05) is 33.8 Å². The van der Waals surface area contributed by atoms with Gasteiger partial charge in [0.25, 0.3) is 0 Å². The lowest BCUT2D eigenvalue weighted by Crippen LogP contribution is -2.33. The number of rotatable bonds is 2. The molecule has 28 heavy (non-hydrogen) atoms. The first kappa shape index (κ1) is 20.2. The summed E-state index contributed by atoms with van der Waals surface area (Å²) in [6.07, 6.45) is 2.18. The van der Waals surface area contributed by atoms with E-state index < -0.39 is 15.8 Å². The Bertz CT molecular complexity index is 1100. The number of carbonyl (C=O) groups is 1. The Labute approximate surface area is 166 Å². The predicted molar refractivity (Wildman–Crippen MR) is 109 cm³/mol. The Morgan fingerprint density at radius 3 is 2.07 bits per heavy atom. The van der Waals surface area contributed by atoms with Crippen molar-refractivity contribution in [3.63, 3.8) is 0 Å². The molecule has 0 saturated carbocycles. The molecule has 0 unspecified atom stereocenters. The normalized spacial score (nSPS) is 17.1. The van der Waals surface area contributed by atoms with Crippen molar-refractivity contribution in [3.05, 3.63) is 64.7 Å². The lowest BCUT2D eigenvalue weighted by Gasteiger charge is -2.41. The summed E-state index contributed by atoms with van der Waals surface area (Å²) >= 11 is 0. The summed E-state index contributed by atoms with van der Waals surface area (Å²) < 4.78 is 25.0. The minimum atomic E-state index is -3.83. The minimum Gasteiger partial charge on any atom is -0.478 e. The van der Waals surface area contributed by atoms with Crippen LogP contribution < -0.4 is 0 Å². The second-order valence-electron chi connectivity index (χ2n) is 8.59. The van der Waals surface area contributed by atoms with Gasteiger partial charge in [0.2, 0.25) is 9.84 Å². The van der Waals surface area contributed by atoms with Crippen molar-refractivity contribution in [2.45, 2.75) is 56.3 Å². The molecule has 0 aliphatic heterocycles. The molecule has 1 N–H and O–H groups in total. The van der Waals surface area contributed by atoms with Gasteiger partial charge >= 0.3 is 5.97 Å².